The third-order valence-electron chi connectivity index (χ3n) is 2.66. The number of rotatable bonds is 5. The van der Waals surface area contributed by atoms with E-state index in [4.69, 9.17) is 11.6 Å². The summed E-state index contributed by atoms with van der Waals surface area (Å²) in [5.41, 5.74) is 1.67. The number of carbonyl (C=O) groups is 1. The molecular formula is C13H17BrClNO. The monoisotopic (exact) mass is 317 g/mol. The van der Waals surface area contributed by atoms with Crippen LogP contribution in [0.5, 0.6) is 0 Å². The van der Waals surface area contributed by atoms with Crippen molar-refractivity contribution in [3.05, 3.63) is 34.3 Å². The molecule has 4 heteroatoms. The van der Waals surface area contributed by atoms with Crippen LogP contribution in [0.25, 0.3) is 0 Å². The minimum atomic E-state index is 0.0634. The Morgan fingerprint density at radius 1 is 1.47 bits per heavy atom. The zero-order chi connectivity index (χ0) is 12.8. The maximum atomic E-state index is 12.3. The molecule has 0 aliphatic carbocycles. The summed E-state index contributed by atoms with van der Waals surface area (Å²) >= 11 is 9.31. The molecule has 0 radical (unpaired) electrons. The lowest BCUT2D eigenvalue weighted by Gasteiger charge is -2.21. The van der Waals surface area contributed by atoms with Gasteiger partial charge < -0.3 is 4.90 Å². The van der Waals surface area contributed by atoms with Gasteiger partial charge in [0.15, 0.2) is 0 Å². The number of halogens is 2. The Balaban J connectivity index is 2.89. The fraction of sp³-hybridized carbons (Fsp3) is 0.462. The summed E-state index contributed by atoms with van der Waals surface area (Å²) in [6.07, 6.45) is 0.958. The maximum Gasteiger partial charge on any atom is 0.254 e. The molecule has 1 aromatic carbocycles. The van der Waals surface area contributed by atoms with Crippen LogP contribution < -0.4 is 0 Å². The lowest BCUT2D eigenvalue weighted by molar-refractivity contribution is 0.0764. The Bertz CT molecular complexity index is 395. The van der Waals surface area contributed by atoms with Crippen molar-refractivity contribution in [2.45, 2.75) is 20.3 Å². The van der Waals surface area contributed by atoms with Crippen LogP contribution in [0.3, 0.4) is 0 Å². The lowest BCUT2D eigenvalue weighted by Crippen LogP contribution is -2.32. The molecule has 0 heterocycles. The number of carbonyl (C=O) groups excluding carboxylic acids is 1. The first-order valence-corrected chi connectivity index (χ1v) is 7.21. The normalized spacial score (nSPS) is 10.4. The summed E-state index contributed by atoms with van der Waals surface area (Å²) in [6.45, 7) is 5.41. The van der Waals surface area contributed by atoms with Gasteiger partial charge in [-0.15, -0.1) is 0 Å². The van der Waals surface area contributed by atoms with E-state index in [1.807, 2.05) is 30.9 Å². The highest BCUT2D eigenvalue weighted by atomic mass is 79.9. The van der Waals surface area contributed by atoms with E-state index in [1.54, 1.807) is 6.07 Å². The number of alkyl halides is 1. The maximum absolute atomic E-state index is 12.3. The first-order chi connectivity index (χ1) is 8.10. The number of benzene rings is 1. The fourth-order valence-electron chi connectivity index (χ4n) is 1.65. The summed E-state index contributed by atoms with van der Waals surface area (Å²) in [4.78, 5) is 14.2. The van der Waals surface area contributed by atoms with Crippen LogP contribution in [-0.2, 0) is 0 Å². The molecule has 0 N–H and O–H groups in total. The summed E-state index contributed by atoms with van der Waals surface area (Å²) < 4.78 is 0. The van der Waals surface area contributed by atoms with Crippen molar-refractivity contribution in [1.29, 1.82) is 0 Å². The Hall–Kier alpha value is -0.540. The van der Waals surface area contributed by atoms with Crippen molar-refractivity contribution >= 4 is 33.4 Å². The largest absolute Gasteiger partial charge is 0.339 e. The molecule has 1 aromatic rings. The minimum Gasteiger partial charge on any atom is -0.339 e. The molecule has 1 rings (SSSR count). The van der Waals surface area contributed by atoms with E-state index in [9.17, 15) is 4.79 Å². The molecule has 0 bridgehead atoms. The molecule has 94 valence electrons. The van der Waals surface area contributed by atoms with Crippen LogP contribution >= 0.6 is 27.5 Å². The predicted molar refractivity (Wildman–Crippen MR) is 76.2 cm³/mol. The molecule has 0 aliphatic heterocycles. The third kappa shape index (κ3) is 4.00. The van der Waals surface area contributed by atoms with Crippen LogP contribution in [0, 0.1) is 6.92 Å². The van der Waals surface area contributed by atoms with E-state index in [1.165, 1.54) is 0 Å². The second-order valence-electron chi connectivity index (χ2n) is 3.89. The van der Waals surface area contributed by atoms with E-state index in [0.717, 1.165) is 30.4 Å². The Morgan fingerprint density at radius 2 is 2.18 bits per heavy atom. The summed E-state index contributed by atoms with van der Waals surface area (Å²) in [7, 11) is 0. The number of aryl methyl sites for hydroxylation is 1. The smallest absolute Gasteiger partial charge is 0.254 e. The molecule has 0 fully saturated rings. The van der Waals surface area contributed by atoms with Gasteiger partial charge in [-0.1, -0.05) is 33.6 Å². The van der Waals surface area contributed by atoms with Crippen LogP contribution in [0.4, 0.5) is 0 Å². The van der Waals surface area contributed by atoms with E-state index in [2.05, 4.69) is 15.9 Å². The average Bonchev–Trinajstić information content (AvgIpc) is 2.33. The van der Waals surface area contributed by atoms with E-state index >= 15 is 0 Å². The van der Waals surface area contributed by atoms with Crippen molar-refractivity contribution in [1.82, 2.24) is 4.90 Å². The van der Waals surface area contributed by atoms with E-state index in [0.29, 0.717) is 10.6 Å². The molecule has 0 spiro atoms. The van der Waals surface area contributed by atoms with Gasteiger partial charge in [0, 0.05) is 29.0 Å². The van der Waals surface area contributed by atoms with Gasteiger partial charge in [-0.05, 0) is 38.0 Å². The zero-order valence-electron chi connectivity index (χ0n) is 10.2. The second kappa shape index (κ2) is 7.02. The Labute approximate surface area is 116 Å². The highest BCUT2D eigenvalue weighted by molar-refractivity contribution is 9.09. The van der Waals surface area contributed by atoms with Gasteiger partial charge >= 0.3 is 0 Å². The van der Waals surface area contributed by atoms with E-state index < -0.39 is 0 Å². The van der Waals surface area contributed by atoms with Crippen molar-refractivity contribution in [2.24, 2.45) is 0 Å². The molecule has 0 saturated heterocycles. The first-order valence-electron chi connectivity index (χ1n) is 5.71. The first kappa shape index (κ1) is 14.5. The van der Waals surface area contributed by atoms with Crippen molar-refractivity contribution in [2.75, 3.05) is 18.4 Å². The quantitative estimate of drug-likeness (QED) is 0.754. The Morgan fingerprint density at radius 3 is 2.76 bits per heavy atom. The van der Waals surface area contributed by atoms with Crippen LogP contribution in [0.15, 0.2) is 18.2 Å². The number of hydrogen-bond acceptors (Lipinski definition) is 1. The fourth-order valence-corrected chi connectivity index (χ4v) is 2.07. The van der Waals surface area contributed by atoms with E-state index in [-0.39, 0.29) is 5.91 Å². The number of nitrogens with zero attached hydrogens (tertiary/aromatic N) is 1. The topological polar surface area (TPSA) is 20.3 Å². The van der Waals surface area contributed by atoms with Gasteiger partial charge in [0.2, 0.25) is 0 Å². The van der Waals surface area contributed by atoms with Crippen LogP contribution in [0.1, 0.15) is 29.3 Å². The molecule has 0 atom stereocenters. The minimum absolute atomic E-state index is 0.0634. The molecule has 0 aliphatic rings. The van der Waals surface area contributed by atoms with Crippen molar-refractivity contribution < 1.29 is 4.79 Å². The summed E-state index contributed by atoms with van der Waals surface area (Å²) in [5.74, 6) is 0.0634. The highest BCUT2D eigenvalue weighted by Crippen LogP contribution is 2.17. The highest BCUT2D eigenvalue weighted by Gasteiger charge is 2.15. The number of amides is 1. The van der Waals surface area contributed by atoms with Crippen molar-refractivity contribution in [3.63, 3.8) is 0 Å². The van der Waals surface area contributed by atoms with Gasteiger partial charge in [-0.3, -0.25) is 4.79 Å². The summed E-state index contributed by atoms with van der Waals surface area (Å²) in [5, 5.41) is 1.51. The predicted octanol–water partition coefficient (Wildman–Crippen LogP) is 3.90. The molecule has 1 amide bonds. The van der Waals surface area contributed by atoms with Gasteiger partial charge in [0.25, 0.3) is 5.91 Å². The van der Waals surface area contributed by atoms with Gasteiger partial charge in [0.1, 0.15) is 0 Å². The lowest BCUT2D eigenvalue weighted by atomic mass is 10.1. The molecule has 17 heavy (non-hydrogen) atoms. The van der Waals surface area contributed by atoms with Gasteiger partial charge in [-0.2, -0.15) is 0 Å². The summed E-state index contributed by atoms with van der Waals surface area (Å²) in [6, 6.07) is 5.44. The van der Waals surface area contributed by atoms with Crippen LogP contribution in [-0.4, -0.2) is 29.2 Å². The molecule has 0 aromatic heterocycles. The molecule has 2 nitrogen and oxygen atoms in total. The van der Waals surface area contributed by atoms with Crippen LogP contribution in [0.2, 0.25) is 5.02 Å². The SMILES string of the molecule is CCN(CCCBr)C(=O)c1cc(Cl)ccc1C. The zero-order valence-corrected chi connectivity index (χ0v) is 12.5. The van der Waals surface area contributed by atoms with Gasteiger partial charge in [-0.25, -0.2) is 0 Å². The Kier molecular flexibility index (Phi) is 6.00. The molecular weight excluding hydrogens is 302 g/mol. The molecule has 0 unspecified atom stereocenters. The average molecular weight is 319 g/mol. The van der Waals surface area contributed by atoms with Crippen molar-refractivity contribution in [3.8, 4) is 0 Å². The standard InChI is InChI=1S/C13H17BrClNO/c1-3-16(8-4-7-14)13(17)12-9-11(15)6-5-10(12)2/h5-6,9H,3-4,7-8H2,1-2H3. The third-order valence-corrected chi connectivity index (χ3v) is 3.46. The second-order valence-corrected chi connectivity index (χ2v) is 5.12. The van der Waals surface area contributed by atoms with Gasteiger partial charge in [0.05, 0.1) is 0 Å². The molecule has 0 saturated carbocycles. The number of hydrogen-bond donors (Lipinski definition) is 0.